The summed E-state index contributed by atoms with van der Waals surface area (Å²) in [6.45, 7) is 3.51. The average molecular weight is 348 g/mol. The topological polar surface area (TPSA) is 61.9 Å². The molecule has 4 rings (SSSR count). The number of nitriles is 1. The van der Waals surface area contributed by atoms with Crippen molar-refractivity contribution >= 4 is 23.2 Å². The molecule has 0 bridgehead atoms. The van der Waals surface area contributed by atoms with Crippen molar-refractivity contribution in [1.29, 1.82) is 5.26 Å². The Labute approximate surface area is 149 Å². The normalized spacial score (nSPS) is 13.4. The lowest BCUT2D eigenvalue weighted by atomic mass is 10.1. The van der Waals surface area contributed by atoms with E-state index in [1.54, 1.807) is 11.0 Å². The lowest BCUT2D eigenvalue weighted by Crippen LogP contribution is -2.37. The fourth-order valence-electron chi connectivity index (χ4n) is 3.05. The summed E-state index contributed by atoms with van der Waals surface area (Å²) in [4.78, 5) is 21.2. The number of imidazole rings is 1. The Hall–Kier alpha value is -2.91. The first-order valence-corrected chi connectivity index (χ1v) is 8.93. The molecule has 6 heteroatoms. The zero-order valence-corrected chi connectivity index (χ0v) is 14.6. The Balaban J connectivity index is 1.71. The second kappa shape index (κ2) is 6.19. The third kappa shape index (κ3) is 2.83. The van der Waals surface area contributed by atoms with Crippen LogP contribution in [0.5, 0.6) is 0 Å². The van der Waals surface area contributed by atoms with Crippen LogP contribution in [0.25, 0.3) is 11.3 Å². The number of carbonyl (C=O) groups is 1. The smallest absolute Gasteiger partial charge is 0.270 e. The number of fused-ring (bicyclic) bond motifs is 1. The Morgan fingerprint density at radius 2 is 2.16 bits per heavy atom. The number of benzene rings is 1. The number of rotatable bonds is 2. The number of hydrogen-bond acceptors (Lipinski definition) is 4. The van der Waals surface area contributed by atoms with Crippen LogP contribution < -0.4 is 4.90 Å². The van der Waals surface area contributed by atoms with E-state index in [2.05, 4.69) is 6.07 Å². The number of thiophene rings is 1. The lowest BCUT2D eigenvalue weighted by Gasteiger charge is -2.26. The Bertz CT molecular complexity index is 995. The van der Waals surface area contributed by atoms with Crippen LogP contribution in [-0.2, 0) is 6.54 Å². The van der Waals surface area contributed by atoms with Gasteiger partial charge in [0.25, 0.3) is 5.91 Å². The molecule has 1 aromatic carbocycles. The van der Waals surface area contributed by atoms with Crippen molar-refractivity contribution in [2.75, 3.05) is 11.4 Å². The molecule has 0 N–H and O–H groups in total. The Kier molecular flexibility index (Phi) is 3.86. The maximum absolute atomic E-state index is 12.9. The molecule has 3 aromatic rings. The number of hydrogen-bond donors (Lipinski definition) is 0. The van der Waals surface area contributed by atoms with Gasteiger partial charge in [-0.2, -0.15) is 5.26 Å². The predicted octanol–water partition coefficient (Wildman–Crippen LogP) is 3.84. The van der Waals surface area contributed by atoms with Crippen LogP contribution in [0.4, 0.5) is 5.95 Å². The van der Waals surface area contributed by atoms with Gasteiger partial charge in [0.15, 0.2) is 0 Å². The Morgan fingerprint density at radius 1 is 1.28 bits per heavy atom. The molecule has 124 valence electrons. The van der Waals surface area contributed by atoms with Crippen molar-refractivity contribution in [3.63, 3.8) is 0 Å². The maximum atomic E-state index is 12.9. The van der Waals surface area contributed by atoms with Crippen molar-refractivity contribution < 1.29 is 4.79 Å². The third-order valence-electron chi connectivity index (χ3n) is 4.26. The van der Waals surface area contributed by atoms with Crippen LogP contribution in [0, 0.1) is 18.3 Å². The molecule has 0 aliphatic carbocycles. The summed E-state index contributed by atoms with van der Waals surface area (Å²) >= 11 is 1.51. The minimum absolute atomic E-state index is 0.00183. The first-order valence-electron chi connectivity index (χ1n) is 8.12. The molecule has 0 radical (unpaired) electrons. The number of amides is 1. The van der Waals surface area contributed by atoms with E-state index in [4.69, 9.17) is 10.2 Å². The molecule has 1 aliphatic rings. The van der Waals surface area contributed by atoms with Gasteiger partial charge in [0.05, 0.1) is 22.2 Å². The molecular formula is C19H16N4OS. The number of anilines is 1. The minimum atomic E-state index is 0.00183. The average Bonchev–Trinajstić information content (AvgIpc) is 3.27. The van der Waals surface area contributed by atoms with E-state index < -0.39 is 0 Å². The third-order valence-corrected chi connectivity index (χ3v) is 5.25. The standard InChI is InChI=1S/C19H16N4OS/c1-13-6-7-17(25-13)18(24)23-9-3-8-22-12-16(21-19(22)23)15-5-2-4-14(10-15)11-20/h2,4-7,10,12H,3,8-9H2,1H3. The summed E-state index contributed by atoms with van der Waals surface area (Å²) in [5, 5.41) is 9.09. The molecule has 3 heterocycles. The first-order chi connectivity index (χ1) is 12.2. The molecular weight excluding hydrogens is 332 g/mol. The molecule has 0 saturated heterocycles. The minimum Gasteiger partial charge on any atom is -0.316 e. The number of aromatic nitrogens is 2. The van der Waals surface area contributed by atoms with Gasteiger partial charge in [0.2, 0.25) is 5.95 Å². The van der Waals surface area contributed by atoms with Gasteiger partial charge in [-0.1, -0.05) is 12.1 Å². The molecule has 0 unspecified atom stereocenters. The highest BCUT2D eigenvalue weighted by molar-refractivity contribution is 7.14. The van der Waals surface area contributed by atoms with Crippen LogP contribution in [0.2, 0.25) is 0 Å². The quantitative estimate of drug-likeness (QED) is 0.707. The molecule has 0 atom stereocenters. The van der Waals surface area contributed by atoms with Crippen molar-refractivity contribution in [3.8, 4) is 17.3 Å². The number of carbonyl (C=O) groups excluding carboxylic acids is 1. The number of nitrogens with zero attached hydrogens (tertiary/aromatic N) is 4. The van der Waals surface area contributed by atoms with E-state index >= 15 is 0 Å². The van der Waals surface area contributed by atoms with Crippen LogP contribution in [0.15, 0.2) is 42.6 Å². The van der Waals surface area contributed by atoms with Crippen LogP contribution in [-0.4, -0.2) is 22.0 Å². The highest BCUT2D eigenvalue weighted by atomic mass is 32.1. The second-order valence-corrected chi connectivity index (χ2v) is 7.32. The van der Waals surface area contributed by atoms with E-state index in [1.807, 2.05) is 48.0 Å². The summed E-state index contributed by atoms with van der Waals surface area (Å²) in [6.07, 6.45) is 2.86. The maximum Gasteiger partial charge on any atom is 0.270 e. The van der Waals surface area contributed by atoms with Gasteiger partial charge >= 0.3 is 0 Å². The SMILES string of the molecule is Cc1ccc(C(=O)N2CCCn3cc(-c4cccc(C#N)c4)nc32)s1. The van der Waals surface area contributed by atoms with Gasteiger partial charge in [-0.3, -0.25) is 9.69 Å². The van der Waals surface area contributed by atoms with Crippen molar-refractivity contribution in [2.45, 2.75) is 19.9 Å². The molecule has 0 fully saturated rings. The molecule has 1 aliphatic heterocycles. The zero-order valence-electron chi connectivity index (χ0n) is 13.8. The van der Waals surface area contributed by atoms with E-state index in [-0.39, 0.29) is 5.91 Å². The van der Waals surface area contributed by atoms with Crippen molar-refractivity contribution in [3.05, 3.63) is 57.9 Å². The molecule has 25 heavy (non-hydrogen) atoms. The predicted molar refractivity (Wildman–Crippen MR) is 97.7 cm³/mol. The van der Waals surface area contributed by atoms with Gasteiger partial charge < -0.3 is 4.57 Å². The molecule has 5 nitrogen and oxygen atoms in total. The largest absolute Gasteiger partial charge is 0.316 e. The summed E-state index contributed by atoms with van der Waals surface area (Å²) < 4.78 is 2.02. The fourth-order valence-corrected chi connectivity index (χ4v) is 3.86. The van der Waals surface area contributed by atoms with E-state index in [1.165, 1.54) is 11.3 Å². The fraction of sp³-hybridized carbons (Fsp3) is 0.211. The highest BCUT2D eigenvalue weighted by Crippen LogP contribution is 2.29. The first kappa shape index (κ1) is 15.6. The zero-order chi connectivity index (χ0) is 17.4. The molecule has 2 aromatic heterocycles. The van der Waals surface area contributed by atoms with Crippen LogP contribution in [0.1, 0.15) is 26.5 Å². The van der Waals surface area contributed by atoms with Gasteiger partial charge in [0, 0.05) is 29.7 Å². The summed E-state index contributed by atoms with van der Waals surface area (Å²) in [5.74, 6) is 0.682. The van der Waals surface area contributed by atoms with Gasteiger partial charge in [0.1, 0.15) is 0 Å². The monoisotopic (exact) mass is 348 g/mol. The Morgan fingerprint density at radius 3 is 2.92 bits per heavy atom. The van der Waals surface area contributed by atoms with Crippen molar-refractivity contribution in [2.24, 2.45) is 0 Å². The molecule has 0 spiro atoms. The molecule has 0 saturated carbocycles. The molecule has 1 amide bonds. The van der Waals surface area contributed by atoms with Crippen molar-refractivity contribution in [1.82, 2.24) is 9.55 Å². The summed E-state index contributed by atoms with van der Waals surface area (Å²) in [5.41, 5.74) is 2.28. The second-order valence-electron chi connectivity index (χ2n) is 6.03. The van der Waals surface area contributed by atoms with E-state index in [0.717, 1.165) is 34.0 Å². The summed E-state index contributed by atoms with van der Waals surface area (Å²) in [7, 11) is 0. The lowest BCUT2D eigenvalue weighted by molar-refractivity contribution is 0.0985. The highest BCUT2D eigenvalue weighted by Gasteiger charge is 2.27. The summed E-state index contributed by atoms with van der Waals surface area (Å²) in [6, 6.07) is 13.4. The number of aryl methyl sites for hydroxylation is 2. The van der Waals surface area contributed by atoms with E-state index in [9.17, 15) is 4.79 Å². The van der Waals surface area contributed by atoms with Gasteiger partial charge in [-0.25, -0.2) is 4.98 Å². The van der Waals surface area contributed by atoms with E-state index in [0.29, 0.717) is 18.1 Å². The van der Waals surface area contributed by atoms with Crippen LogP contribution >= 0.6 is 11.3 Å². The van der Waals surface area contributed by atoms with Crippen LogP contribution in [0.3, 0.4) is 0 Å². The van der Waals surface area contributed by atoms with Gasteiger partial charge in [-0.15, -0.1) is 11.3 Å². The van der Waals surface area contributed by atoms with Gasteiger partial charge in [-0.05, 0) is 37.6 Å².